The minimum Gasteiger partial charge on any atom is -0.763 e. The fraction of sp³-hybridized carbons (Fsp3) is 0.158. The second-order valence-corrected chi connectivity index (χ2v) is 6.11. The third-order valence-corrected chi connectivity index (χ3v) is 4.57. The minimum atomic E-state index is -0.665. The molecule has 0 aliphatic carbocycles. The lowest BCUT2D eigenvalue weighted by atomic mass is 9.81. The maximum absolute atomic E-state index is 12.7. The highest BCUT2D eigenvalue weighted by Crippen LogP contribution is 2.35. The van der Waals surface area contributed by atoms with E-state index in [1.807, 2.05) is 18.2 Å². The molecule has 2 heterocycles. The summed E-state index contributed by atoms with van der Waals surface area (Å²) in [4.78, 5) is 24.4. The Hall–Kier alpha value is -3.15. The summed E-state index contributed by atoms with van der Waals surface area (Å²) in [6.07, 6.45) is 3.53. The quantitative estimate of drug-likeness (QED) is 0.295. The van der Waals surface area contributed by atoms with Crippen LogP contribution in [0, 0.1) is 0 Å². The Balaban J connectivity index is 2.11. The lowest BCUT2D eigenvalue weighted by molar-refractivity contribution is -0.711. The molecule has 1 amide bonds. The third kappa shape index (κ3) is 3.18. The fourth-order valence-corrected chi connectivity index (χ4v) is 3.30. The first-order chi connectivity index (χ1) is 12.6. The Morgan fingerprint density at radius 1 is 1.23 bits per heavy atom. The predicted octanol–water partition coefficient (Wildman–Crippen LogP) is 1.71. The van der Waals surface area contributed by atoms with E-state index in [9.17, 15) is 15.0 Å². The molecule has 2 aromatic rings. The van der Waals surface area contributed by atoms with Crippen molar-refractivity contribution in [1.82, 2.24) is 5.32 Å². The second-order valence-electron chi connectivity index (χ2n) is 5.70. The van der Waals surface area contributed by atoms with Crippen molar-refractivity contribution in [2.45, 2.75) is 12.0 Å². The highest BCUT2D eigenvalue weighted by atomic mass is 32.1. The van der Waals surface area contributed by atoms with Crippen molar-refractivity contribution in [3.63, 3.8) is 0 Å². The monoisotopic (exact) mass is 365 g/mol. The van der Waals surface area contributed by atoms with Crippen molar-refractivity contribution in [3.8, 4) is 0 Å². The number of aromatic nitrogens is 1. The maximum atomic E-state index is 12.7. The van der Waals surface area contributed by atoms with Crippen LogP contribution in [0.5, 0.6) is 0 Å². The van der Waals surface area contributed by atoms with Gasteiger partial charge in [-0.3, -0.25) is 10.7 Å². The third-order valence-electron chi connectivity index (χ3n) is 4.25. The molecule has 1 saturated heterocycles. The number of esters is 1. The molecule has 0 saturated carbocycles. The zero-order valence-electron chi connectivity index (χ0n) is 13.9. The number of pyridine rings is 1. The van der Waals surface area contributed by atoms with Crippen LogP contribution in [0.4, 0.5) is 0 Å². The Kier molecular flexibility index (Phi) is 5.02. The summed E-state index contributed by atoms with van der Waals surface area (Å²) in [6.45, 7) is 0. The van der Waals surface area contributed by atoms with Gasteiger partial charge in [-0.2, -0.15) is 4.57 Å². The molecule has 1 aromatic heterocycles. The lowest BCUT2D eigenvalue weighted by Crippen LogP contribution is -2.56. The van der Waals surface area contributed by atoms with Gasteiger partial charge in [0.2, 0.25) is 6.04 Å². The Bertz CT molecular complexity index is 919. The summed E-state index contributed by atoms with van der Waals surface area (Å²) >= 11 is 5.19. The first-order valence-corrected chi connectivity index (χ1v) is 8.24. The van der Waals surface area contributed by atoms with Gasteiger partial charge in [-0.15, -0.1) is 0 Å². The number of hydrogen-bond acceptors (Lipinski definition) is 4. The van der Waals surface area contributed by atoms with Crippen LogP contribution >= 0.6 is 12.2 Å². The molecule has 1 aliphatic heterocycles. The molecule has 1 fully saturated rings. The molecule has 2 atom stereocenters. The van der Waals surface area contributed by atoms with E-state index >= 15 is 0 Å². The van der Waals surface area contributed by atoms with Gasteiger partial charge in [0.05, 0.1) is 18.6 Å². The highest BCUT2D eigenvalue weighted by molar-refractivity contribution is 7.80. The zero-order chi connectivity index (χ0) is 18.7. The normalized spacial score (nSPS) is 19.5. The number of hydrogen-bond donors (Lipinski definition) is 1. The lowest BCUT2D eigenvalue weighted by Gasteiger charge is -2.30. The van der Waals surface area contributed by atoms with Gasteiger partial charge < -0.3 is 15.5 Å². The molecular formula is C19H15N3O3S. The molecule has 7 heteroatoms. The van der Waals surface area contributed by atoms with E-state index in [0.717, 1.165) is 0 Å². The number of nitrogens with zero attached hydrogens (tertiary/aromatic N) is 2. The first-order valence-electron chi connectivity index (χ1n) is 7.83. The minimum absolute atomic E-state index is 0.132. The Morgan fingerprint density at radius 3 is 2.46 bits per heavy atom. The fourth-order valence-electron chi connectivity index (χ4n) is 3.02. The van der Waals surface area contributed by atoms with E-state index in [0.29, 0.717) is 16.7 Å². The molecule has 3 rings (SSSR count). The van der Waals surface area contributed by atoms with Crippen LogP contribution in [0.1, 0.15) is 27.9 Å². The molecule has 0 spiro atoms. The summed E-state index contributed by atoms with van der Waals surface area (Å²) in [5.74, 6) is 0.835. The van der Waals surface area contributed by atoms with Crippen LogP contribution in [0.25, 0.3) is 5.41 Å². The van der Waals surface area contributed by atoms with Gasteiger partial charge in [0, 0.05) is 17.7 Å². The number of nitrogens with one attached hydrogen (secondary N) is 1. The number of benzene rings is 1. The van der Waals surface area contributed by atoms with Gasteiger partial charge >= 0.3 is 5.97 Å². The molecule has 1 aromatic carbocycles. The van der Waals surface area contributed by atoms with Gasteiger partial charge in [-0.1, -0.05) is 30.4 Å². The molecule has 0 unspecified atom stereocenters. The topological polar surface area (TPSA) is 81.6 Å². The van der Waals surface area contributed by atoms with Crippen molar-refractivity contribution in [2.75, 3.05) is 7.11 Å². The number of carbonyl (C=O) groups excluding carboxylic acids is 2. The summed E-state index contributed by atoms with van der Waals surface area (Å²) < 4.78 is 6.45. The van der Waals surface area contributed by atoms with Crippen LogP contribution in [-0.4, -0.2) is 29.8 Å². The number of amides is 1. The zero-order valence-corrected chi connectivity index (χ0v) is 14.7. The molecular weight excluding hydrogens is 350 g/mol. The van der Waals surface area contributed by atoms with Crippen LogP contribution < -0.4 is 9.88 Å². The number of carbonyl (C=O) groups is 2. The van der Waals surface area contributed by atoms with E-state index in [1.165, 1.54) is 7.11 Å². The molecule has 26 heavy (non-hydrogen) atoms. The second kappa shape index (κ2) is 7.39. The summed E-state index contributed by atoms with van der Waals surface area (Å²) in [5, 5.41) is 12.2. The van der Waals surface area contributed by atoms with Crippen molar-refractivity contribution in [2.24, 2.45) is 0 Å². The smallest absolute Gasteiger partial charge is 0.337 e. The Labute approximate surface area is 155 Å². The van der Waals surface area contributed by atoms with Crippen molar-refractivity contribution < 1.29 is 18.9 Å². The van der Waals surface area contributed by atoms with Crippen molar-refractivity contribution in [1.29, 1.82) is 0 Å². The number of methoxy groups -OCH3 is 1. The van der Waals surface area contributed by atoms with Crippen molar-refractivity contribution >= 4 is 35.0 Å². The van der Waals surface area contributed by atoms with Crippen LogP contribution in [0.2, 0.25) is 0 Å². The predicted molar refractivity (Wildman–Crippen MR) is 98.8 cm³/mol. The Morgan fingerprint density at radius 2 is 1.88 bits per heavy atom. The molecule has 1 N–H and O–H groups in total. The SMILES string of the molecule is COC(=O)c1ccc([C@H]2C(=C=[N-])C(=S)NC(=O)[C@@H]2[n+]2ccccc2)cc1. The average Bonchev–Trinajstić information content (AvgIpc) is 2.67. The van der Waals surface area contributed by atoms with E-state index in [2.05, 4.69) is 11.2 Å². The largest absolute Gasteiger partial charge is 0.763 e. The van der Waals surface area contributed by atoms with Gasteiger partial charge in [0.1, 0.15) is 4.99 Å². The number of piperidine rings is 1. The van der Waals surface area contributed by atoms with E-state index in [1.54, 1.807) is 41.2 Å². The van der Waals surface area contributed by atoms with Gasteiger partial charge in [-0.25, -0.2) is 4.79 Å². The van der Waals surface area contributed by atoms with E-state index < -0.39 is 17.9 Å². The summed E-state index contributed by atoms with van der Waals surface area (Å²) in [7, 11) is 1.31. The molecule has 0 radical (unpaired) electrons. The summed E-state index contributed by atoms with van der Waals surface area (Å²) in [5.41, 5.74) is 1.42. The first kappa shape index (κ1) is 17.7. The molecule has 130 valence electrons. The molecule has 6 nitrogen and oxygen atoms in total. The number of rotatable bonds is 3. The maximum Gasteiger partial charge on any atom is 0.337 e. The van der Waals surface area contributed by atoms with Gasteiger partial charge in [0.15, 0.2) is 12.4 Å². The number of thiocarbonyl (C=S) groups is 1. The van der Waals surface area contributed by atoms with Crippen LogP contribution in [0.15, 0.2) is 60.4 Å². The molecule has 0 bridgehead atoms. The van der Waals surface area contributed by atoms with Gasteiger partial charge in [-0.05, 0) is 17.7 Å². The average molecular weight is 365 g/mol. The van der Waals surface area contributed by atoms with Gasteiger partial charge in [0.25, 0.3) is 5.91 Å². The summed E-state index contributed by atoms with van der Waals surface area (Å²) in [6, 6.07) is 11.4. The highest BCUT2D eigenvalue weighted by Gasteiger charge is 2.44. The number of ether oxygens (including phenoxy) is 1. The van der Waals surface area contributed by atoms with E-state index in [-0.39, 0.29) is 10.9 Å². The van der Waals surface area contributed by atoms with Crippen LogP contribution in [-0.2, 0) is 9.53 Å². The van der Waals surface area contributed by atoms with Crippen molar-refractivity contribution in [3.05, 3.63) is 77.0 Å². The standard InChI is InChI=1S/C19H15N3O3S/c1-25-19(24)13-7-5-12(6-8-13)15-14(11-20)18(26)21-17(23)16(15)22-9-3-2-4-10-22/h2-10,15-16H,1H3,(H,21,23,26)/t15-,16+/m0/s1. The van der Waals surface area contributed by atoms with Crippen LogP contribution in [0.3, 0.4) is 0 Å². The molecule has 1 aliphatic rings. The van der Waals surface area contributed by atoms with E-state index in [4.69, 9.17) is 17.0 Å².